The maximum Gasteiger partial charge on any atom is 0.362 e. The van der Waals surface area contributed by atoms with Gasteiger partial charge < -0.3 is 14.8 Å². The Labute approximate surface area is 174 Å². The lowest BCUT2D eigenvalue weighted by Gasteiger charge is -2.11. The molecule has 2 atom stereocenters. The van der Waals surface area contributed by atoms with Gasteiger partial charge in [-0.05, 0) is 48.1 Å². The smallest absolute Gasteiger partial charge is 0.362 e. The molecule has 4 aromatic rings. The third-order valence-corrected chi connectivity index (χ3v) is 7.77. The van der Waals surface area contributed by atoms with Crippen LogP contribution in [-0.2, 0) is 9.84 Å². The zero-order valence-corrected chi connectivity index (χ0v) is 17.2. The van der Waals surface area contributed by atoms with E-state index in [2.05, 4.69) is 16.5 Å². The van der Waals surface area contributed by atoms with Gasteiger partial charge in [0.25, 0.3) is 5.56 Å². The number of rotatable bonds is 3. The van der Waals surface area contributed by atoms with Gasteiger partial charge in [-0.25, -0.2) is 13.2 Å². The SMILES string of the molecule is C[C@@H]1C[C@H]1n1ccc2ccc(S(=O)(=O)c3ccc(Cl)c4c(=O)n(O)c(=O)[nH]c34)cc21. The van der Waals surface area contributed by atoms with Crippen LogP contribution in [-0.4, -0.2) is 27.9 Å². The predicted octanol–water partition coefficient (Wildman–Crippen LogP) is 2.95. The fraction of sp³-hybridized carbons (Fsp3) is 0.200. The van der Waals surface area contributed by atoms with E-state index in [1.165, 1.54) is 18.2 Å². The van der Waals surface area contributed by atoms with Crippen molar-refractivity contribution in [2.75, 3.05) is 0 Å². The number of sulfone groups is 1. The zero-order chi connectivity index (χ0) is 21.4. The van der Waals surface area contributed by atoms with Gasteiger partial charge in [-0.3, -0.25) is 4.79 Å². The van der Waals surface area contributed by atoms with Crippen molar-refractivity contribution in [3.63, 3.8) is 0 Å². The highest BCUT2D eigenvalue weighted by Crippen LogP contribution is 2.44. The lowest BCUT2D eigenvalue weighted by atomic mass is 10.2. The maximum atomic E-state index is 13.4. The molecule has 0 radical (unpaired) electrons. The van der Waals surface area contributed by atoms with Crippen molar-refractivity contribution in [3.05, 3.63) is 68.5 Å². The van der Waals surface area contributed by atoms with E-state index in [1.54, 1.807) is 12.1 Å². The van der Waals surface area contributed by atoms with Crippen LogP contribution in [0.15, 0.2) is 62.0 Å². The first kappa shape index (κ1) is 19.0. The molecule has 10 heteroatoms. The molecule has 1 fully saturated rings. The Kier molecular flexibility index (Phi) is 3.93. The molecular weight excluding hydrogens is 430 g/mol. The fourth-order valence-electron chi connectivity index (χ4n) is 3.88. The van der Waals surface area contributed by atoms with Gasteiger partial charge in [0.15, 0.2) is 0 Å². The fourth-order valence-corrected chi connectivity index (χ4v) is 5.55. The Bertz CT molecular complexity index is 1580. The van der Waals surface area contributed by atoms with Gasteiger partial charge in [-0.15, -0.1) is 0 Å². The molecule has 1 saturated carbocycles. The molecule has 2 aromatic carbocycles. The van der Waals surface area contributed by atoms with Gasteiger partial charge in [0.05, 0.1) is 25.7 Å². The Morgan fingerprint density at radius 1 is 1.17 bits per heavy atom. The second-order valence-electron chi connectivity index (χ2n) is 7.57. The molecule has 8 nitrogen and oxygen atoms in total. The highest BCUT2D eigenvalue weighted by atomic mass is 35.5. The van der Waals surface area contributed by atoms with E-state index in [1.807, 2.05) is 12.3 Å². The van der Waals surface area contributed by atoms with Crippen molar-refractivity contribution in [1.29, 1.82) is 0 Å². The average molecular weight is 446 g/mol. The minimum Gasteiger partial charge on any atom is -0.421 e. The Morgan fingerprint density at radius 2 is 1.90 bits per heavy atom. The summed E-state index contributed by atoms with van der Waals surface area (Å²) in [6, 6.07) is 9.60. The van der Waals surface area contributed by atoms with E-state index in [4.69, 9.17) is 11.6 Å². The second kappa shape index (κ2) is 6.23. The van der Waals surface area contributed by atoms with E-state index in [-0.39, 0.29) is 30.4 Å². The molecule has 0 amide bonds. The van der Waals surface area contributed by atoms with Gasteiger partial charge in [0.1, 0.15) is 0 Å². The number of benzene rings is 2. The van der Waals surface area contributed by atoms with Crippen LogP contribution in [0.2, 0.25) is 5.02 Å². The maximum absolute atomic E-state index is 13.4. The molecule has 2 N–H and O–H groups in total. The molecule has 2 heterocycles. The van der Waals surface area contributed by atoms with E-state index < -0.39 is 21.1 Å². The quantitative estimate of drug-likeness (QED) is 0.470. The van der Waals surface area contributed by atoms with Gasteiger partial charge in [-0.2, -0.15) is 0 Å². The van der Waals surface area contributed by atoms with Gasteiger partial charge in [0, 0.05) is 17.8 Å². The van der Waals surface area contributed by atoms with Gasteiger partial charge >= 0.3 is 5.69 Å². The molecule has 0 saturated heterocycles. The standard InChI is InChI=1S/C20H16ClN3O5S/c1-10-8-14(10)23-7-6-11-2-3-12(9-15(11)23)30(28,29)16-5-4-13(21)17-18(16)22-20(26)24(27)19(17)25/h2-7,9-10,14,27H,8H2,1H3,(H,22,26)/t10-,14-/m1/s1. The first-order chi connectivity index (χ1) is 14.2. The Morgan fingerprint density at radius 3 is 2.60 bits per heavy atom. The summed E-state index contributed by atoms with van der Waals surface area (Å²) in [6.07, 6.45) is 2.99. The topological polar surface area (TPSA) is 114 Å². The molecule has 30 heavy (non-hydrogen) atoms. The number of nitrogens with zero attached hydrogens (tertiary/aromatic N) is 2. The molecule has 5 rings (SSSR count). The van der Waals surface area contributed by atoms with Crippen LogP contribution in [0.3, 0.4) is 0 Å². The summed E-state index contributed by atoms with van der Waals surface area (Å²) in [5.74, 6) is 0.534. The number of fused-ring (bicyclic) bond motifs is 2. The number of hydrogen-bond acceptors (Lipinski definition) is 5. The molecule has 0 unspecified atom stereocenters. The van der Waals surface area contributed by atoms with Crippen LogP contribution in [0.5, 0.6) is 0 Å². The number of nitrogens with one attached hydrogen (secondary N) is 1. The lowest BCUT2D eigenvalue weighted by Crippen LogP contribution is -2.33. The van der Waals surface area contributed by atoms with Gasteiger partial charge in [-0.1, -0.05) is 29.3 Å². The van der Waals surface area contributed by atoms with Crippen molar-refractivity contribution >= 4 is 43.2 Å². The van der Waals surface area contributed by atoms with Crippen molar-refractivity contribution in [2.45, 2.75) is 29.2 Å². The molecule has 1 aliphatic rings. The van der Waals surface area contributed by atoms with Crippen molar-refractivity contribution in [2.24, 2.45) is 5.92 Å². The van der Waals surface area contributed by atoms with E-state index >= 15 is 0 Å². The van der Waals surface area contributed by atoms with Crippen LogP contribution in [0, 0.1) is 5.92 Å². The molecule has 154 valence electrons. The highest BCUT2D eigenvalue weighted by molar-refractivity contribution is 7.91. The van der Waals surface area contributed by atoms with Crippen molar-refractivity contribution < 1.29 is 13.6 Å². The first-order valence-corrected chi connectivity index (χ1v) is 11.1. The summed E-state index contributed by atoms with van der Waals surface area (Å²) in [6.45, 7) is 2.14. The van der Waals surface area contributed by atoms with Crippen LogP contribution < -0.4 is 11.2 Å². The number of aromatic nitrogens is 3. The molecule has 2 aromatic heterocycles. The summed E-state index contributed by atoms with van der Waals surface area (Å²) < 4.78 is 28.8. The van der Waals surface area contributed by atoms with Crippen molar-refractivity contribution in [1.82, 2.24) is 14.3 Å². The van der Waals surface area contributed by atoms with Crippen LogP contribution >= 0.6 is 11.6 Å². The molecule has 0 bridgehead atoms. The number of H-pyrrole nitrogens is 1. The summed E-state index contributed by atoms with van der Waals surface area (Å²) in [7, 11) is -4.11. The van der Waals surface area contributed by atoms with Crippen LogP contribution in [0.1, 0.15) is 19.4 Å². The molecule has 0 aliphatic heterocycles. The first-order valence-electron chi connectivity index (χ1n) is 9.22. The van der Waals surface area contributed by atoms with E-state index in [0.29, 0.717) is 12.0 Å². The minimum absolute atomic E-state index is 0.0286. The highest BCUT2D eigenvalue weighted by Gasteiger charge is 2.35. The average Bonchev–Trinajstić information content (AvgIpc) is 3.27. The third-order valence-electron chi connectivity index (χ3n) is 5.67. The molecular formula is C20H16ClN3O5S. The lowest BCUT2D eigenvalue weighted by molar-refractivity contribution is 0.162. The normalized spacial score (nSPS) is 18.9. The molecule has 0 spiro atoms. The zero-order valence-electron chi connectivity index (χ0n) is 15.7. The number of hydrogen-bond donors (Lipinski definition) is 2. The minimum atomic E-state index is -4.11. The summed E-state index contributed by atoms with van der Waals surface area (Å²) in [4.78, 5) is 26.2. The summed E-state index contributed by atoms with van der Waals surface area (Å²) in [5, 5.41) is 10.2. The van der Waals surface area contributed by atoms with E-state index in [9.17, 15) is 23.2 Å². The Balaban J connectivity index is 1.77. The summed E-state index contributed by atoms with van der Waals surface area (Å²) in [5.41, 5.74) is -1.69. The van der Waals surface area contributed by atoms with E-state index in [0.717, 1.165) is 17.3 Å². The van der Waals surface area contributed by atoms with Crippen molar-refractivity contribution in [3.8, 4) is 0 Å². The van der Waals surface area contributed by atoms with Gasteiger partial charge in [0.2, 0.25) is 9.84 Å². The number of aromatic amines is 1. The summed E-state index contributed by atoms with van der Waals surface area (Å²) >= 11 is 6.05. The Hall–Kier alpha value is -3.04. The molecule has 1 aliphatic carbocycles. The largest absolute Gasteiger partial charge is 0.421 e. The predicted molar refractivity (Wildman–Crippen MR) is 111 cm³/mol. The van der Waals surface area contributed by atoms with Crippen LogP contribution in [0.25, 0.3) is 21.8 Å². The second-order valence-corrected chi connectivity index (χ2v) is 9.90. The third kappa shape index (κ3) is 2.62. The van der Waals surface area contributed by atoms with Crippen LogP contribution in [0.4, 0.5) is 0 Å². The number of halogens is 1. The monoisotopic (exact) mass is 445 g/mol.